The number of rotatable bonds is 3. The lowest BCUT2D eigenvalue weighted by molar-refractivity contribution is -0.138. The number of aliphatic imine (C=N–C) groups is 1. The van der Waals surface area contributed by atoms with Gasteiger partial charge in [0.15, 0.2) is 5.96 Å². The standard InChI is InChI=1S/C19H34N4O/c1-20-17(23-13-12-18(15-23)8-4-5-9-18)21-14-19(10-6-7-11-19)16(24)22(2)3/h4-15H2,1-3H3,(H,20,21). The van der Waals surface area contributed by atoms with Gasteiger partial charge in [-0.25, -0.2) is 0 Å². The zero-order valence-electron chi connectivity index (χ0n) is 15.7. The summed E-state index contributed by atoms with van der Waals surface area (Å²) < 4.78 is 0. The van der Waals surface area contributed by atoms with E-state index in [1.807, 2.05) is 21.1 Å². The summed E-state index contributed by atoms with van der Waals surface area (Å²) in [4.78, 5) is 21.4. The van der Waals surface area contributed by atoms with Crippen LogP contribution in [0.3, 0.4) is 0 Å². The molecule has 3 rings (SSSR count). The van der Waals surface area contributed by atoms with Crippen molar-refractivity contribution < 1.29 is 4.79 Å². The van der Waals surface area contributed by atoms with E-state index >= 15 is 0 Å². The molecule has 136 valence electrons. The van der Waals surface area contributed by atoms with Gasteiger partial charge in [0.25, 0.3) is 0 Å². The second kappa shape index (κ2) is 6.93. The molecule has 0 unspecified atom stereocenters. The van der Waals surface area contributed by atoms with E-state index in [0.29, 0.717) is 5.41 Å². The maximum Gasteiger partial charge on any atom is 0.230 e. The third-order valence-corrected chi connectivity index (χ3v) is 6.62. The summed E-state index contributed by atoms with van der Waals surface area (Å²) in [6.45, 7) is 2.97. The van der Waals surface area contributed by atoms with Crippen molar-refractivity contribution in [1.82, 2.24) is 15.1 Å². The predicted octanol–water partition coefficient (Wildman–Crippen LogP) is 2.48. The number of likely N-dealkylation sites (tertiary alicyclic amines) is 1. The van der Waals surface area contributed by atoms with Crippen molar-refractivity contribution in [2.24, 2.45) is 15.8 Å². The molecule has 0 atom stereocenters. The van der Waals surface area contributed by atoms with Crippen LogP contribution in [0.25, 0.3) is 0 Å². The molecule has 1 amide bonds. The first-order chi connectivity index (χ1) is 11.5. The van der Waals surface area contributed by atoms with Crippen molar-refractivity contribution in [3.05, 3.63) is 0 Å². The molecule has 1 aliphatic heterocycles. The molecule has 24 heavy (non-hydrogen) atoms. The number of guanidine groups is 1. The fourth-order valence-electron chi connectivity index (χ4n) is 5.22. The Morgan fingerprint density at radius 1 is 1.08 bits per heavy atom. The van der Waals surface area contributed by atoms with Crippen molar-refractivity contribution in [2.75, 3.05) is 40.8 Å². The van der Waals surface area contributed by atoms with Gasteiger partial charge in [0.2, 0.25) is 5.91 Å². The van der Waals surface area contributed by atoms with Gasteiger partial charge in [-0.3, -0.25) is 9.79 Å². The Balaban J connectivity index is 1.62. The van der Waals surface area contributed by atoms with Crippen molar-refractivity contribution in [1.29, 1.82) is 0 Å². The topological polar surface area (TPSA) is 47.9 Å². The fraction of sp³-hybridized carbons (Fsp3) is 0.895. The second-order valence-corrected chi connectivity index (χ2v) is 8.47. The van der Waals surface area contributed by atoms with Crippen LogP contribution < -0.4 is 5.32 Å². The molecule has 1 heterocycles. The number of amides is 1. The molecule has 0 radical (unpaired) electrons. The van der Waals surface area contributed by atoms with Gasteiger partial charge < -0.3 is 15.1 Å². The molecule has 5 nitrogen and oxygen atoms in total. The minimum atomic E-state index is -0.232. The third-order valence-electron chi connectivity index (χ3n) is 6.62. The van der Waals surface area contributed by atoms with Crippen LogP contribution in [-0.4, -0.2) is 62.4 Å². The lowest BCUT2D eigenvalue weighted by atomic mass is 9.84. The van der Waals surface area contributed by atoms with Gasteiger partial charge in [-0.1, -0.05) is 25.7 Å². The minimum absolute atomic E-state index is 0.232. The van der Waals surface area contributed by atoms with Gasteiger partial charge in [-0.15, -0.1) is 0 Å². The Morgan fingerprint density at radius 2 is 1.71 bits per heavy atom. The highest BCUT2D eigenvalue weighted by molar-refractivity contribution is 5.85. The summed E-state index contributed by atoms with van der Waals surface area (Å²) in [7, 11) is 5.63. The molecular formula is C19H34N4O. The number of nitrogens with zero attached hydrogens (tertiary/aromatic N) is 3. The first-order valence-electron chi connectivity index (χ1n) is 9.68. The Bertz CT molecular complexity index is 488. The summed E-state index contributed by atoms with van der Waals surface area (Å²) in [6, 6.07) is 0. The lowest BCUT2D eigenvalue weighted by Crippen LogP contribution is -2.50. The maximum atomic E-state index is 12.7. The third kappa shape index (κ3) is 3.27. The Labute approximate surface area is 146 Å². The summed E-state index contributed by atoms with van der Waals surface area (Å²) in [5.74, 6) is 1.27. The van der Waals surface area contributed by atoms with Crippen LogP contribution in [0.5, 0.6) is 0 Å². The van der Waals surface area contributed by atoms with Crippen molar-refractivity contribution >= 4 is 11.9 Å². The van der Waals surface area contributed by atoms with Gasteiger partial charge in [-0.2, -0.15) is 0 Å². The van der Waals surface area contributed by atoms with Crippen LogP contribution in [0.1, 0.15) is 57.8 Å². The molecule has 3 aliphatic rings. The molecule has 2 saturated carbocycles. The molecule has 1 saturated heterocycles. The van der Waals surface area contributed by atoms with E-state index in [1.165, 1.54) is 32.1 Å². The average molecular weight is 335 g/mol. The first kappa shape index (κ1) is 17.6. The first-order valence-corrected chi connectivity index (χ1v) is 9.68. The fourth-order valence-corrected chi connectivity index (χ4v) is 5.22. The molecule has 3 fully saturated rings. The van der Waals surface area contributed by atoms with Crippen LogP contribution in [-0.2, 0) is 4.79 Å². The Hall–Kier alpha value is -1.26. The van der Waals surface area contributed by atoms with Gasteiger partial charge in [0.05, 0.1) is 5.41 Å². The summed E-state index contributed by atoms with van der Waals surface area (Å²) in [5.41, 5.74) is 0.312. The van der Waals surface area contributed by atoms with Crippen LogP contribution >= 0.6 is 0 Å². The van der Waals surface area contributed by atoms with E-state index in [4.69, 9.17) is 0 Å². The summed E-state index contributed by atoms with van der Waals surface area (Å²) in [5, 5.41) is 3.56. The maximum absolute atomic E-state index is 12.7. The zero-order chi connectivity index (χ0) is 17.2. The molecule has 1 spiro atoms. The van der Waals surface area contributed by atoms with E-state index in [1.54, 1.807) is 4.90 Å². The highest BCUT2D eigenvalue weighted by Crippen LogP contribution is 2.45. The van der Waals surface area contributed by atoms with Gasteiger partial charge >= 0.3 is 0 Å². The predicted molar refractivity (Wildman–Crippen MR) is 98.0 cm³/mol. The summed E-state index contributed by atoms with van der Waals surface area (Å²) >= 11 is 0. The minimum Gasteiger partial charge on any atom is -0.355 e. The van der Waals surface area contributed by atoms with Crippen molar-refractivity contribution in [3.8, 4) is 0 Å². The molecule has 1 N–H and O–H groups in total. The summed E-state index contributed by atoms with van der Waals surface area (Å²) in [6.07, 6.45) is 11.2. The van der Waals surface area contributed by atoms with E-state index < -0.39 is 0 Å². The molecule has 5 heteroatoms. The highest BCUT2D eigenvalue weighted by Gasteiger charge is 2.44. The van der Waals surface area contributed by atoms with Crippen molar-refractivity contribution in [3.63, 3.8) is 0 Å². The number of carbonyl (C=O) groups excluding carboxylic acids is 1. The Morgan fingerprint density at radius 3 is 2.29 bits per heavy atom. The van der Waals surface area contributed by atoms with Gasteiger partial charge in [0, 0.05) is 40.8 Å². The Kier molecular flexibility index (Phi) is 5.07. The molecule has 0 aromatic rings. The highest BCUT2D eigenvalue weighted by atomic mass is 16.2. The average Bonchev–Trinajstić information content (AvgIpc) is 3.31. The number of nitrogens with one attached hydrogen (secondary N) is 1. The van der Waals surface area contributed by atoms with Gasteiger partial charge in [0.1, 0.15) is 0 Å². The van der Waals surface area contributed by atoms with E-state index in [9.17, 15) is 4.79 Å². The van der Waals surface area contributed by atoms with E-state index in [0.717, 1.165) is 51.3 Å². The smallest absolute Gasteiger partial charge is 0.230 e. The van der Waals surface area contributed by atoms with E-state index in [2.05, 4.69) is 15.2 Å². The van der Waals surface area contributed by atoms with Crippen LogP contribution in [0.15, 0.2) is 4.99 Å². The van der Waals surface area contributed by atoms with Crippen LogP contribution in [0.4, 0.5) is 0 Å². The van der Waals surface area contributed by atoms with Gasteiger partial charge in [-0.05, 0) is 37.5 Å². The number of hydrogen-bond acceptors (Lipinski definition) is 2. The van der Waals surface area contributed by atoms with Crippen LogP contribution in [0.2, 0.25) is 0 Å². The molecule has 0 aromatic carbocycles. The zero-order valence-corrected chi connectivity index (χ0v) is 15.7. The number of hydrogen-bond donors (Lipinski definition) is 1. The molecule has 0 bridgehead atoms. The van der Waals surface area contributed by atoms with Crippen LogP contribution in [0, 0.1) is 10.8 Å². The molecule has 0 aromatic heterocycles. The SMILES string of the molecule is CN=C(NCC1(C(=O)N(C)C)CCCC1)N1CCC2(CCCC2)C1. The molecular weight excluding hydrogens is 300 g/mol. The lowest BCUT2D eigenvalue weighted by Gasteiger charge is -2.33. The normalized spacial score (nSPS) is 25.5. The van der Waals surface area contributed by atoms with Crippen molar-refractivity contribution in [2.45, 2.75) is 57.8 Å². The molecule has 2 aliphatic carbocycles. The second-order valence-electron chi connectivity index (χ2n) is 8.47. The number of carbonyl (C=O) groups is 1. The monoisotopic (exact) mass is 334 g/mol. The quantitative estimate of drug-likeness (QED) is 0.637. The van der Waals surface area contributed by atoms with E-state index in [-0.39, 0.29) is 11.3 Å². The largest absolute Gasteiger partial charge is 0.355 e.